The Bertz CT molecular complexity index is 576. The minimum Gasteiger partial charge on any atom is -0.385 e. The summed E-state index contributed by atoms with van der Waals surface area (Å²) in [6, 6.07) is 15.6. The smallest absolute Gasteiger partial charge is 0.251 e. The molecule has 1 amide bonds. The first-order valence-corrected chi connectivity index (χ1v) is 6.87. The second kappa shape index (κ2) is 6.75. The first kappa shape index (κ1) is 14.1. The van der Waals surface area contributed by atoms with Crippen LogP contribution >= 0.6 is 0 Å². The summed E-state index contributed by atoms with van der Waals surface area (Å²) >= 11 is 0. The quantitative estimate of drug-likeness (QED) is 0.873. The Labute approximate surface area is 120 Å². The van der Waals surface area contributed by atoms with Crippen LogP contribution < -0.4 is 10.6 Å². The van der Waals surface area contributed by atoms with Gasteiger partial charge in [-0.3, -0.25) is 4.79 Å². The molecule has 20 heavy (non-hydrogen) atoms. The molecule has 2 aromatic rings. The number of anilines is 1. The zero-order chi connectivity index (χ0) is 14.4. The highest BCUT2D eigenvalue weighted by atomic mass is 16.1. The molecular formula is C17H20N2O. The Morgan fingerprint density at radius 2 is 1.75 bits per heavy atom. The number of aryl methyl sites for hydroxylation is 1. The van der Waals surface area contributed by atoms with E-state index in [1.54, 1.807) is 0 Å². The van der Waals surface area contributed by atoms with E-state index in [9.17, 15) is 4.79 Å². The summed E-state index contributed by atoms with van der Waals surface area (Å²) in [7, 11) is 0. The van der Waals surface area contributed by atoms with Crippen molar-refractivity contribution in [1.82, 2.24) is 5.32 Å². The van der Waals surface area contributed by atoms with E-state index in [4.69, 9.17) is 0 Å². The lowest BCUT2D eigenvalue weighted by atomic mass is 10.1. The van der Waals surface area contributed by atoms with E-state index in [0.29, 0.717) is 12.1 Å². The molecule has 0 radical (unpaired) electrons. The van der Waals surface area contributed by atoms with Gasteiger partial charge in [0.1, 0.15) is 0 Å². The molecule has 3 nitrogen and oxygen atoms in total. The summed E-state index contributed by atoms with van der Waals surface area (Å²) in [6.45, 7) is 5.52. The Morgan fingerprint density at radius 3 is 2.40 bits per heavy atom. The third-order valence-electron chi connectivity index (χ3n) is 3.23. The maximum Gasteiger partial charge on any atom is 0.251 e. The third-order valence-corrected chi connectivity index (χ3v) is 3.23. The largest absolute Gasteiger partial charge is 0.385 e. The zero-order valence-electron chi connectivity index (χ0n) is 11.9. The number of amides is 1. The second-order valence-electron chi connectivity index (χ2n) is 4.72. The van der Waals surface area contributed by atoms with Gasteiger partial charge in [-0.25, -0.2) is 0 Å². The van der Waals surface area contributed by atoms with Crippen LogP contribution in [0.3, 0.4) is 0 Å². The molecule has 0 heterocycles. The molecule has 0 spiro atoms. The molecule has 0 aromatic heterocycles. The normalized spacial score (nSPS) is 10.1. The second-order valence-corrected chi connectivity index (χ2v) is 4.72. The van der Waals surface area contributed by atoms with Crippen molar-refractivity contribution in [2.75, 3.05) is 11.9 Å². The van der Waals surface area contributed by atoms with Crippen LogP contribution in [0.15, 0.2) is 48.5 Å². The number of carbonyl (C=O) groups excluding carboxylic acids is 1. The van der Waals surface area contributed by atoms with Crippen molar-refractivity contribution in [3.63, 3.8) is 0 Å². The van der Waals surface area contributed by atoms with Crippen molar-refractivity contribution < 1.29 is 4.79 Å². The van der Waals surface area contributed by atoms with Gasteiger partial charge >= 0.3 is 0 Å². The first-order valence-electron chi connectivity index (χ1n) is 6.87. The summed E-state index contributed by atoms with van der Waals surface area (Å²) in [5.41, 5.74) is 4.05. The van der Waals surface area contributed by atoms with Gasteiger partial charge in [0.25, 0.3) is 5.91 Å². The van der Waals surface area contributed by atoms with Gasteiger partial charge in [0, 0.05) is 24.3 Å². The van der Waals surface area contributed by atoms with Crippen molar-refractivity contribution in [2.24, 2.45) is 0 Å². The number of hydrogen-bond acceptors (Lipinski definition) is 2. The zero-order valence-corrected chi connectivity index (χ0v) is 11.9. The highest BCUT2D eigenvalue weighted by Crippen LogP contribution is 2.10. The van der Waals surface area contributed by atoms with Gasteiger partial charge in [-0.1, -0.05) is 24.3 Å². The lowest BCUT2D eigenvalue weighted by Gasteiger charge is -2.08. The molecule has 104 valence electrons. The van der Waals surface area contributed by atoms with Gasteiger partial charge in [0.05, 0.1) is 0 Å². The van der Waals surface area contributed by atoms with Crippen molar-refractivity contribution in [2.45, 2.75) is 20.4 Å². The van der Waals surface area contributed by atoms with Crippen molar-refractivity contribution in [3.05, 3.63) is 65.2 Å². The van der Waals surface area contributed by atoms with Gasteiger partial charge < -0.3 is 10.6 Å². The number of rotatable bonds is 5. The molecule has 0 aliphatic rings. The van der Waals surface area contributed by atoms with Crippen LogP contribution in [0.5, 0.6) is 0 Å². The highest BCUT2D eigenvalue weighted by Gasteiger charge is 2.05. The summed E-state index contributed by atoms with van der Waals surface area (Å²) in [5.74, 6) is -0.0451. The standard InChI is InChI=1S/C17H20N2O/c1-3-18-16-10-8-14(9-11-16)17(20)19-12-15-7-5-4-6-13(15)2/h4-11,18H,3,12H2,1-2H3,(H,19,20). The highest BCUT2D eigenvalue weighted by molar-refractivity contribution is 5.94. The molecule has 0 aliphatic carbocycles. The number of benzene rings is 2. The maximum absolute atomic E-state index is 12.1. The molecule has 0 fully saturated rings. The van der Waals surface area contributed by atoms with E-state index in [2.05, 4.69) is 10.6 Å². The van der Waals surface area contributed by atoms with E-state index in [-0.39, 0.29) is 5.91 Å². The SMILES string of the molecule is CCNc1ccc(C(=O)NCc2ccccc2C)cc1. The Kier molecular flexibility index (Phi) is 4.77. The summed E-state index contributed by atoms with van der Waals surface area (Å²) in [6.07, 6.45) is 0. The molecule has 3 heteroatoms. The van der Waals surface area contributed by atoms with Crippen LogP contribution in [0.2, 0.25) is 0 Å². The van der Waals surface area contributed by atoms with Crippen LogP contribution in [0.4, 0.5) is 5.69 Å². The summed E-state index contributed by atoms with van der Waals surface area (Å²) in [4.78, 5) is 12.1. The molecule has 2 aromatic carbocycles. The fourth-order valence-electron chi connectivity index (χ4n) is 2.03. The monoisotopic (exact) mass is 268 g/mol. The molecule has 0 aliphatic heterocycles. The Balaban J connectivity index is 1.96. The van der Waals surface area contributed by atoms with Gasteiger partial charge in [0.15, 0.2) is 0 Å². The van der Waals surface area contributed by atoms with Crippen LogP contribution in [0, 0.1) is 6.92 Å². The van der Waals surface area contributed by atoms with Crippen molar-refractivity contribution in [3.8, 4) is 0 Å². The minimum atomic E-state index is -0.0451. The number of hydrogen-bond donors (Lipinski definition) is 2. The van der Waals surface area contributed by atoms with Crippen LogP contribution in [-0.4, -0.2) is 12.5 Å². The molecule has 2 N–H and O–H groups in total. The summed E-state index contributed by atoms with van der Waals surface area (Å²) < 4.78 is 0. The number of nitrogens with one attached hydrogen (secondary N) is 2. The predicted molar refractivity (Wildman–Crippen MR) is 83.0 cm³/mol. The van der Waals surface area contributed by atoms with Gasteiger partial charge in [-0.15, -0.1) is 0 Å². The minimum absolute atomic E-state index is 0.0451. The average molecular weight is 268 g/mol. The molecule has 0 saturated heterocycles. The molecular weight excluding hydrogens is 248 g/mol. The summed E-state index contributed by atoms with van der Waals surface area (Å²) in [5, 5.41) is 6.16. The molecule has 0 bridgehead atoms. The lowest BCUT2D eigenvalue weighted by molar-refractivity contribution is 0.0951. The van der Waals surface area contributed by atoms with E-state index in [1.165, 1.54) is 5.56 Å². The Hall–Kier alpha value is -2.29. The van der Waals surface area contributed by atoms with Gasteiger partial charge in [0.2, 0.25) is 0 Å². The molecule has 0 unspecified atom stereocenters. The Morgan fingerprint density at radius 1 is 1.05 bits per heavy atom. The van der Waals surface area contributed by atoms with Crippen molar-refractivity contribution in [1.29, 1.82) is 0 Å². The third kappa shape index (κ3) is 3.60. The molecule has 0 atom stereocenters. The first-order chi connectivity index (χ1) is 9.70. The van der Waals surface area contributed by atoms with Gasteiger partial charge in [-0.05, 0) is 49.2 Å². The van der Waals surface area contributed by atoms with Crippen LogP contribution in [-0.2, 0) is 6.54 Å². The molecule has 0 saturated carbocycles. The van der Waals surface area contributed by atoms with Crippen LogP contribution in [0.25, 0.3) is 0 Å². The predicted octanol–water partition coefficient (Wildman–Crippen LogP) is 3.36. The van der Waals surface area contributed by atoms with E-state index >= 15 is 0 Å². The van der Waals surface area contributed by atoms with Crippen LogP contribution in [0.1, 0.15) is 28.4 Å². The fourth-order valence-corrected chi connectivity index (χ4v) is 2.03. The van der Waals surface area contributed by atoms with E-state index in [1.807, 2.05) is 62.4 Å². The van der Waals surface area contributed by atoms with E-state index in [0.717, 1.165) is 17.8 Å². The molecule has 2 rings (SSSR count). The van der Waals surface area contributed by atoms with E-state index < -0.39 is 0 Å². The number of carbonyl (C=O) groups is 1. The lowest BCUT2D eigenvalue weighted by Crippen LogP contribution is -2.23. The maximum atomic E-state index is 12.1. The van der Waals surface area contributed by atoms with Crippen molar-refractivity contribution >= 4 is 11.6 Å². The average Bonchev–Trinajstić information content (AvgIpc) is 2.47. The van der Waals surface area contributed by atoms with Gasteiger partial charge in [-0.2, -0.15) is 0 Å². The topological polar surface area (TPSA) is 41.1 Å². The fraction of sp³-hybridized carbons (Fsp3) is 0.235.